The number of hydrogen-bond acceptors (Lipinski definition) is 2. The molecule has 1 saturated heterocycles. The Morgan fingerprint density at radius 3 is 2.18 bits per heavy atom. The van der Waals surface area contributed by atoms with E-state index in [1.54, 1.807) is 0 Å². The molecule has 0 amide bonds. The molecule has 22 heavy (non-hydrogen) atoms. The lowest BCUT2D eigenvalue weighted by Gasteiger charge is -2.22. The Bertz CT molecular complexity index is 533. The predicted molar refractivity (Wildman–Crippen MR) is 96.4 cm³/mol. The topological polar surface area (TPSA) is 24.1 Å². The van der Waals surface area contributed by atoms with Crippen molar-refractivity contribution in [2.75, 3.05) is 19.6 Å². The van der Waals surface area contributed by atoms with Crippen molar-refractivity contribution in [1.82, 2.24) is 10.6 Å². The number of rotatable bonds is 5. The van der Waals surface area contributed by atoms with E-state index in [2.05, 4.69) is 65.2 Å². The van der Waals surface area contributed by atoms with E-state index >= 15 is 0 Å². The highest BCUT2D eigenvalue weighted by Crippen LogP contribution is 2.19. The number of nitrogens with one attached hydrogen (secondary N) is 2. The average Bonchev–Trinajstić information content (AvgIpc) is 2.57. The molecule has 3 rings (SSSR count). The van der Waals surface area contributed by atoms with Crippen molar-refractivity contribution >= 4 is 12.4 Å². The summed E-state index contributed by atoms with van der Waals surface area (Å²) in [6.07, 6.45) is 2.61. The molecule has 3 heteroatoms. The Morgan fingerprint density at radius 1 is 0.864 bits per heavy atom. The number of benzene rings is 2. The van der Waals surface area contributed by atoms with E-state index < -0.39 is 0 Å². The second-order valence-corrected chi connectivity index (χ2v) is 5.89. The molecule has 2 nitrogen and oxygen atoms in total. The van der Waals surface area contributed by atoms with Gasteiger partial charge in [0.2, 0.25) is 0 Å². The van der Waals surface area contributed by atoms with Gasteiger partial charge in [0.15, 0.2) is 0 Å². The van der Waals surface area contributed by atoms with Crippen molar-refractivity contribution in [2.45, 2.75) is 19.4 Å². The van der Waals surface area contributed by atoms with Gasteiger partial charge in [-0.1, -0.05) is 54.6 Å². The van der Waals surface area contributed by atoms with Crippen LogP contribution >= 0.6 is 12.4 Å². The first-order valence-corrected chi connectivity index (χ1v) is 7.97. The summed E-state index contributed by atoms with van der Waals surface area (Å²) < 4.78 is 0. The minimum Gasteiger partial charge on any atom is -0.317 e. The zero-order valence-corrected chi connectivity index (χ0v) is 13.7. The van der Waals surface area contributed by atoms with Crippen LogP contribution in [0.25, 0.3) is 11.1 Å². The largest absolute Gasteiger partial charge is 0.317 e. The van der Waals surface area contributed by atoms with Crippen LogP contribution in [0, 0.1) is 5.92 Å². The maximum absolute atomic E-state index is 3.60. The lowest BCUT2D eigenvalue weighted by atomic mass is 9.98. The third-order valence-corrected chi connectivity index (χ3v) is 4.28. The molecule has 2 N–H and O–H groups in total. The number of hydrogen-bond donors (Lipinski definition) is 2. The summed E-state index contributed by atoms with van der Waals surface area (Å²) in [5, 5.41) is 7.02. The molecule has 0 spiro atoms. The molecule has 1 aliphatic rings. The molecule has 0 aliphatic carbocycles. The summed E-state index contributed by atoms with van der Waals surface area (Å²) in [4.78, 5) is 0. The van der Waals surface area contributed by atoms with E-state index in [1.165, 1.54) is 42.6 Å². The first-order chi connectivity index (χ1) is 10.4. The first-order valence-electron chi connectivity index (χ1n) is 7.97. The van der Waals surface area contributed by atoms with Gasteiger partial charge in [0.25, 0.3) is 0 Å². The van der Waals surface area contributed by atoms with Gasteiger partial charge in [0.05, 0.1) is 0 Å². The summed E-state index contributed by atoms with van der Waals surface area (Å²) in [7, 11) is 0. The van der Waals surface area contributed by atoms with Crippen LogP contribution in [-0.4, -0.2) is 19.6 Å². The van der Waals surface area contributed by atoms with Crippen molar-refractivity contribution in [1.29, 1.82) is 0 Å². The van der Waals surface area contributed by atoms with Gasteiger partial charge in [-0.15, -0.1) is 12.4 Å². The average molecular weight is 317 g/mol. The van der Waals surface area contributed by atoms with E-state index in [0.29, 0.717) is 0 Å². The van der Waals surface area contributed by atoms with E-state index in [1.807, 2.05) is 0 Å². The van der Waals surface area contributed by atoms with Crippen LogP contribution in [-0.2, 0) is 6.54 Å². The van der Waals surface area contributed by atoms with Gasteiger partial charge >= 0.3 is 0 Å². The number of piperidine rings is 1. The van der Waals surface area contributed by atoms with Gasteiger partial charge in [-0.05, 0) is 55.1 Å². The van der Waals surface area contributed by atoms with Gasteiger partial charge in [-0.3, -0.25) is 0 Å². The van der Waals surface area contributed by atoms with E-state index in [9.17, 15) is 0 Å². The molecule has 2 aromatic carbocycles. The molecule has 0 unspecified atom stereocenters. The van der Waals surface area contributed by atoms with E-state index in [-0.39, 0.29) is 12.4 Å². The summed E-state index contributed by atoms with van der Waals surface area (Å²) in [6, 6.07) is 19.5. The first kappa shape index (κ1) is 17.0. The van der Waals surface area contributed by atoms with Crippen LogP contribution in [0.15, 0.2) is 54.6 Å². The van der Waals surface area contributed by atoms with Crippen LogP contribution in [0.4, 0.5) is 0 Å². The third kappa shape index (κ3) is 4.84. The maximum Gasteiger partial charge on any atom is 0.0205 e. The van der Waals surface area contributed by atoms with Crippen LogP contribution in [0.3, 0.4) is 0 Å². The van der Waals surface area contributed by atoms with Crippen LogP contribution < -0.4 is 10.6 Å². The molecular formula is C19H25ClN2. The summed E-state index contributed by atoms with van der Waals surface area (Å²) in [5.74, 6) is 0.842. The molecule has 2 aromatic rings. The normalized spacial score (nSPS) is 15.3. The van der Waals surface area contributed by atoms with Gasteiger partial charge in [0.1, 0.15) is 0 Å². The molecule has 0 atom stereocenters. The maximum atomic E-state index is 3.60. The van der Waals surface area contributed by atoms with E-state index in [4.69, 9.17) is 0 Å². The quantitative estimate of drug-likeness (QED) is 0.875. The van der Waals surface area contributed by atoms with Gasteiger partial charge in [-0.25, -0.2) is 0 Å². The summed E-state index contributed by atoms with van der Waals surface area (Å²) in [5.41, 5.74) is 3.94. The second-order valence-electron chi connectivity index (χ2n) is 5.89. The third-order valence-electron chi connectivity index (χ3n) is 4.28. The monoisotopic (exact) mass is 316 g/mol. The lowest BCUT2D eigenvalue weighted by Crippen LogP contribution is -2.33. The lowest BCUT2D eigenvalue weighted by molar-refractivity contribution is 0.356. The SMILES string of the molecule is Cl.c1ccc(-c2ccc(CNCC3CCNCC3)cc2)cc1. The Kier molecular flexibility index (Phi) is 6.91. The highest BCUT2D eigenvalue weighted by Gasteiger charge is 2.11. The van der Waals surface area contributed by atoms with Crippen LogP contribution in [0.2, 0.25) is 0 Å². The van der Waals surface area contributed by atoms with E-state index in [0.717, 1.165) is 19.0 Å². The second kappa shape index (κ2) is 8.94. The molecule has 1 aliphatic heterocycles. The minimum absolute atomic E-state index is 0. The molecule has 1 heterocycles. The highest BCUT2D eigenvalue weighted by molar-refractivity contribution is 5.85. The van der Waals surface area contributed by atoms with Gasteiger partial charge < -0.3 is 10.6 Å². The molecule has 0 radical (unpaired) electrons. The summed E-state index contributed by atoms with van der Waals surface area (Å²) >= 11 is 0. The van der Waals surface area contributed by atoms with Gasteiger partial charge in [-0.2, -0.15) is 0 Å². The van der Waals surface area contributed by atoms with Gasteiger partial charge in [0, 0.05) is 6.54 Å². The highest BCUT2D eigenvalue weighted by atomic mass is 35.5. The van der Waals surface area contributed by atoms with Crippen molar-refractivity contribution in [2.24, 2.45) is 5.92 Å². The smallest absolute Gasteiger partial charge is 0.0205 e. The predicted octanol–water partition coefficient (Wildman–Crippen LogP) is 3.86. The van der Waals surface area contributed by atoms with Crippen molar-refractivity contribution in [3.8, 4) is 11.1 Å². The molecule has 0 saturated carbocycles. The van der Waals surface area contributed by atoms with Crippen LogP contribution in [0.5, 0.6) is 0 Å². The molecule has 0 bridgehead atoms. The fourth-order valence-corrected chi connectivity index (χ4v) is 2.95. The molecular weight excluding hydrogens is 292 g/mol. The fourth-order valence-electron chi connectivity index (χ4n) is 2.95. The molecule has 0 aromatic heterocycles. The standard InChI is InChI=1S/C19H24N2.ClH/c1-2-4-18(5-3-1)19-8-6-16(7-9-19)14-21-15-17-10-12-20-13-11-17;/h1-9,17,20-21H,10-15H2;1H. The number of halogens is 1. The Balaban J connectivity index is 0.00000176. The molecule has 1 fully saturated rings. The van der Waals surface area contributed by atoms with Crippen molar-refractivity contribution < 1.29 is 0 Å². The minimum atomic E-state index is 0. The molecule has 118 valence electrons. The fraction of sp³-hybridized carbons (Fsp3) is 0.368. The Labute approximate surface area is 139 Å². The van der Waals surface area contributed by atoms with Crippen molar-refractivity contribution in [3.63, 3.8) is 0 Å². The van der Waals surface area contributed by atoms with Crippen LogP contribution in [0.1, 0.15) is 18.4 Å². The zero-order chi connectivity index (χ0) is 14.3. The Morgan fingerprint density at radius 2 is 1.50 bits per heavy atom. The van der Waals surface area contributed by atoms with Crippen molar-refractivity contribution in [3.05, 3.63) is 60.2 Å². The Hall–Kier alpha value is -1.35. The summed E-state index contributed by atoms with van der Waals surface area (Å²) in [6.45, 7) is 4.47. The zero-order valence-electron chi connectivity index (χ0n) is 12.9.